The van der Waals surface area contributed by atoms with Crippen LogP contribution in [0, 0.1) is 23.1 Å². The molecule has 40 heavy (non-hydrogen) atoms. The van der Waals surface area contributed by atoms with Gasteiger partial charge in [-0.1, -0.05) is 18.2 Å². The Labute approximate surface area is 232 Å². The Morgan fingerprint density at radius 2 is 1.93 bits per heavy atom. The molecule has 10 heteroatoms. The Morgan fingerprint density at radius 3 is 2.55 bits per heavy atom. The highest BCUT2D eigenvalue weighted by atomic mass is 19.1. The summed E-state index contributed by atoms with van der Waals surface area (Å²) in [5.74, 6) is -2.35. The molecule has 214 valence electrons. The summed E-state index contributed by atoms with van der Waals surface area (Å²) in [5, 5.41) is 29.7. The van der Waals surface area contributed by atoms with Crippen molar-refractivity contribution in [1.82, 2.24) is 9.80 Å². The Bertz CT molecular complexity index is 1310. The number of β-amino-alcohol motifs (C(OH)–C–C–N with tert-alkyl or cyclic N) is 1. The van der Waals surface area contributed by atoms with Gasteiger partial charge in [0.1, 0.15) is 28.8 Å². The smallest absolute Gasteiger partial charge is 0.329 e. The fourth-order valence-corrected chi connectivity index (χ4v) is 5.63. The van der Waals surface area contributed by atoms with Crippen molar-refractivity contribution in [2.75, 3.05) is 32.8 Å². The van der Waals surface area contributed by atoms with E-state index in [2.05, 4.69) is 11.0 Å². The first-order valence-corrected chi connectivity index (χ1v) is 13.4. The molecule has 0 bridgehead atoms. The number of hydrogen-bond donors (Lipinski definition) is 2. The number of nitriles is 1. The lowest BCUT2D eigenvalue weighted by atomic mass is 9.94. The van der Waals surface area contributed by atoms with Crippen LogP contribution in [0.25, 0.3) is 11.1 Å². The largest absolute Gasteiger partial charge is 0.492 e. The number of carboxylic acids is 1. The summed E-state index contributed by atoms with van der Waals surface area (Å²) in [4.78, 5) is 28.6. The lowest BCUT2D eigenvalue weighted by Crippen LogP contribution is -2.51. The van der Waals surface area contributed by atoms with Crippen LogP contribution in [0.4, 0.5) is 8.78 Å². The van der Waals surface area contributed by atoms with Crippen molar-refractivity contribution < 1.29 is 33.3 Å². The van der Waals surface area contributed by atoms with Gasteiger partial charge in [-0.05, 0) is 81.9 Å². The van der Waals surface area contributed by atoms with Crippen LogP contribution in [0.3, 0.4) is 0 Å². The number of amides is 1. The summed E-state index contributed by atoms with van der Waals surface area (Å²) in [5.41, 5.74) is -2.46. The number of carbonyl (C=O) groups excluding carboxylic acids is 1. The van der Waals surface area contributed by atoms with Gasteiger partial charge in [-0.3, -0.25) is 4.79 Å². The van der Waals surface area contributed by atoms with Gasteiger partial charge in [0.25, 0.3) is 5.91 Å². The molecule has 0 spiro atoms. The summed E-state index contributed by atoms with van der Waals surface area (Å²) in [6, 6.07) is 10.9. The van der Waals surface area contributed by atoms with E-state index in [9.17, 15) is 29.5 Å². The van der Waals surface area contributed by atoms with Gasteiger partial charge >= 0.3 is 5.97 Å². The van der Waals surface area contributed by atoms with Crippen LogP contribution >= 0.6 is 0 Å². The number of likely N-dealkylation sites (tertiary alicyclic amines) is 2. The number of carboxylic acid groups (broad SMARTS) is 1. The summed E-state index contributed by atoms with van der Waals surface area (Å²) in [6.07, 6.45) is 0.482. The second-order valence-corrected chi connectivity index (χ2v) is 11.6. The summed E-state index contributed by atoms with van der Waals surface area (Å²) >= 11 is 0. The number of nitrogens with zero attached hydrogens (tertiary/aromatic N) is 3. The fraction of sp³-hybridized carbons (Fsp3) is 0.500. The van der Waals surface area contributed by atoms with Crippen LogP contribution in [0.5, 0.6) is 5.75 Å². The van der Waals surface area contributed by atoms with Crippen LogP contribution in [0.15, 0.2) is 36.4 Å². The predicted octanol–water partition coefficient (Wildman–Crippen LogP) is 4.25. The molecule has 8 nitrogen and oxygen atoms in total. The molecule has 0 saturated carbocycles. The third-order valence-corrected chi connectivity index (χ3v) is 7.75. The van der Waals surface area contributed by atoms with Crippen LogP contribution in [0.2, 0.25) is 0 Å². The number of ether oxygens (including phenoxy) is 1. The number of aliphatic hydroxyl groups is 1. The molecule has 2 atom stereocenters. The number of rotatable bonds is 8. The third-order valence-electron chi connectivity index (χ3n) is 7.75. The lowest BCUT2D eigenvalue weighted by Gasteiger charge is -2.34. The molecular formula is C30H35F2N3O5. The molecular weight excluding hydrogens is 520 g/mol. The molecule has 2 saturated heterocycles. The molecule has 2 fully saturated rings. The maximum absolute atomic E-state index is 15.1. The first kappa shape index (κ1) is 29.4. The van der Waals surface area contributed by atoms with Gasteiger partial charge in [-0.2, -0.15) is 5.26 Å². The molecule has 0 aliphatic carbocycles. The van der Waals surface area contributed by atoms with E-state index in [1.165, 1.54) is 25.1 Å². The lowest BCUT2D eigenvalue weighted by molar-refractivity contribution is -0.147. The molecule has 0 unspecified atom stereocenters. The molecule has 2 aliphatic rings. The van der Waals surface area contributed by atoms with E-state index in [-0.39, 0.29) is 35.6 Å². The maximum Gasteiger partial charge on any atom is 0.329 e. The van der Waals surface area contributed by atoms with Gasteiger partial charge in [0, 0.05) is 19.5 Å². The second-order valence-electron chi connectivity index (χ2n) is 11.6. The van der Waals surface area contributed by atoms with Crippen LogP contribution < -0.4 is 4.74 Å². The van der Waals surface area contributed by atoms with Gasteiger partial charge in [-0.15, -0.1) is 0 Å². The summed E-state index contributed by atoms with van der Waals surface area (Å²) in [7, 11) is 0. The number of carbonyl (C=O) groups is 2. The van der Waals surface area contributed by atoms with Gasteiger partial charge < -0.3 is 24.7 Å². The highest BCUT2D eigenvalue weighted by Crippen LogP contribution is 2.36. The zero-order valence-electron chi connectivity index (χ0n) is 23.0. The van der Waals surface area contributed by atoms with Crippen molar-refractivity contribution in [1.29, 1.82) is 5.26 Å². The number of piperidine rings is 1. The minimum atomic E-state index is -1.69. The zero-order valence-corrected chi connectivity index (χ0v) is 23.0. The minimum absolute atomic E-state index is 0.171. The SMILES string of the molecule is CC(C)(F)CN1CCC(COc2ccc(-c3cccc(F)c3C(=O)N3C[C@H](O)C[C@@]3(C)C(=O)O)cc2C#N)CC1. The number of hydrogen-bond acceptors (Lipinski definition) is 6. The number of benzene rings is 2. The van der Waals surface area contributed by atoms with Crippen LogP contribution in [-0.4, -0.2) is 82.0 Å². The Hall–Kier alpha value is -3.55. The van der Waals surface area contributed by atoms with E-state index in [1.54, 1.807) is 26.0 Å². The molecule has 0 radical (unpaired) electrons. The number of halogens is 2. The maximum atomic E-state index is 15.1. The average molecular weight is 556 g/mol. The molecule has 1 amide bonds. The van der Waals surface area contributed by atoms with Crippen molar-refractivity contribution in [3.63, 3.8) is 0 Å². The normalized spacial score (nSPS) is 22.2. The summed E-state index contributed by atoms with van der Waals surface area (Å²) < 4.78 is 35.1. The van der Waals surface area contributed by atoms with Gasteiger partial charge in [0.05, 0.1) is 23.8 Å². The first-order valence-electron chi connectivity index (χ1n) is 13.4. The van der Waals surface area contributed by atoms with E-state index in [1.807, 2.05) is 0 Å². The van der Waals surface area contributed by atoms with E-state index >= 15 is 4.39 Å². The highest BCUT2D eigenvalue weighted by Gasteiger charge is 2.50. The number of aliphatic carboxylic acids is 1. The third kappa shape index (κ3) is 6.26. The Morgan fingerprint density at radius 1 is 1.23 bits per heavy atom. The van der Waals surface area contributed by atoms with Crippen molar-refractivity contribution in [2.24, 2.45) is 5.92 Å². The van der Waals surface area contributed by atoms with E-state index in [0.29, 0.717) is 24.5 Å². The zero-order chi connectivity index (χ0) is 29.2. The molecule has 2 aliphatic heterocycles. The number of aliphatic hydroxyl groups excluding tert-OH is 1. The Kier molecular flexibility index (Phi) is 8.47. The molecule has 4 rings (SSSR count). The van der Waals surface area contributed by atoms with Crippen molar-refractivity contribution in [3.8, 4) is 22.9 Å². The van der Waals surface area contributed by atoms with E-state index in [4.69, 9.17) is 4.74 Å². The molecule has 2 aromatic rings. The standard InChI is InChI=1S/C30H35F2N3O5/c1-29(2,32)18-34-11-9-19(10-12-34)17-40-25-8-7-20(13-21(25)15-33)23-5-4-6-24(31)26(23)27(37)35-16-22(36)14-30(35,3)28(38)39/h4-8,13,19,22,36H,9-12,14,16-18H2,1-3H3,(H,38,39)/t22-,30+/m1/s1. The monoisotopic (exact) mass is 555 g/mol. The quantitative estimate of drug-likeness (QED) is 0.501. The molecule has 2 heterocycles. The minimum Gasteiger partial charge on any atom is -0.492 e. The van der Waals surface area contributed by atoms with Crippen molar-refractivity contribution in [2.45, 2.75) is 57.3 Å². The molecule has 2 aromatic carbocycles. The number of alkyl halides is 1. The highest BCUT2D eigenvalue weighted by molar-refractivity contribution is 6.03. The fourth-order valence-electron chi connectivity index (χ4n) is 5.63. The average Bonchev–Trinajstić information content (AvgIpc) is 3.22. The van der Waals surface area contributed by atoms with Gasteiger partial charge in [0.15, 0.2) is 0 Å². The van der Waals surface area contributed by atoms with Gasteiger partial charge in [-0.25, -0.2) is 13.6 Å². The molecule has 0 aromatic heterocycles. The second kappa shape index (κ2) is 11.5. The molecule has 2 N–H and O–H groups in total. The van der Waals surface area contributed by atoms with Crippen molar-refractivity contribution in [3.05, 3.63) is 53.3 Å². The summed E-state index contributed by atoms with van der Waals surface area (Å²) in [6.45, 7) is 6.57. The van der Waals surface area contributed by atoms with Crippen LogP contribution in [-0.2, 0) is 4.79 Å². The Balaban J connectivity index is 1.53. The first-order chi connectivity index (χ1) is 18.8. The van der Waals surface area contributed by atoms with Crippen molar-refractivity contribution >= 4 is 11.9 Å². The van der Waals surface area contributed by atoms with Crippen LogP contribution in [0.1, 0.15) is 56.0 Å². The van der Waals surface area contributed by atoms with Gasteiger partial charge in [0.2, 0.25) is 0 Å². The predicted molar refractivity (Wildman–Crippen MR) is 144 cm³/mol. The van der Waals surface area contributed by atoms with E-state index in [0.717, 1.165) is 36.9 Å². The topological polar surface area (TPSA) is 114 Å². The van der Waals surface area contributed by atoms with E-state index < -0.39 is 35.0 Å².